The molecule has 6 aromatic carbocycles. The molecule has 0 spiro atoms. The molecule has 0 aromatic heterocycles. The summed E-state index contributed by atoms with van der Waals surface area (Å²) in [6, 6.07) is 43.7. The Morgan fingerprint density at radius 2 is 0.540 bits per heavy atom. The number of rotatable bonds is 33. The van der Waals surface area contributed by atoms with Crippen molar-refractivity contribution in [1.82, 2.24) is 0 Å². The summed E-state index contributed by atoms with van der Waals surface area (Å²) in [5.41, 5.74) is 14.6. The molecule has 0 radical (unpaired) electrons. The summed E-state index contributed by atoms with van der Waals surface area (Å²) in [7, 11) is 0. The van der Waals surface area contributed by atoms with Gasteiger partial charge in [0.05, 0.1) is 41.0 Å². The van der Waals surface area contributed by atoms with Gasteiger partial charge < -0.3 is 9.47 Å². The van der Waals surface area contributed by atoms with Crippen LogP contribution in [0.2, 0.25) is 0 Å². The molecule has 6 rings (SSSR count). The third-order valence-corrected chi connectivity index (χ3v) is 16.1. The van der Waals surface area contributed by atoms with Crippen molar-refractivity contribution in [3.8, 4) is 65.0 Å². The minimum Gasteiger partial charge on any atom is -0.491 e. The highest BCUT2D eigenvalue weighted by molar-refractivity contribution is 5.78. The topological polar surface area (TPSA) is 35.5 Å². The fraction of sp³-hybridized carbons (Fsp3) is 0.440. The first kappa shape index (κ1) is 68.5. The van der Waals surface area contributed by atoms with Crippen LogP contribution in [0.1, 0.15) is 279 Å². The number of carbonyl (C=O) groups is 1. The van der Waals surface area contributed by atoms with E-state index in [1.54, 1.807) is 0 Å². The third kappa shape index (κ3) is 25.7. The summed E-state index contributed by atoms with van der Waals surface area (Å²) >= 11 is 0. The van der Waals surface area contributed by atoms with E-state index in [-0.39, 0.29) is 5.97 Å². The first-order valence-corrected chi connectivity index (χ1v) is 33.9. The van der Waals surface area contributed by atoms with Gasteiger partial charge in [0.2, 0.25) is 0 Å². The molecule has 0 amide bonds. The Balaban J connectivity index is 1.59. The summed E-state index contributed by atoms with van der Waals surface area (Å²) in [5.74, 6) is 37.3. The van der Waals surface area contributed by atoms with Crippen molar-refractivity contribution in [3.05, 3.63) is 205 Å². The Morgan fingerprint density at radius 1 is 0.287 bits per heavy atom. The van der Waals surface area contributed by atoms with Gasteiger partial charge in [-0.3, -0.25) is 4.79 Å². The second-order valence-corrected chi connectivity index (χ2v) is 23.5. The van der Waals surface area contributed by atoms with Crippen LogP contribution in [0, 0.1) is 59.2 Å². The predicted molar refractivity (Wildman–Crippen MR) is 368 cm³/mol. The Labute approximate surface area is 528 Å². The number of esters is 1. The first-order valence-electron chi connectivity index (χ1n) is 33.9. The van der Waals surface area contributed by atoms with E-state index < -0.39 is 0 Å². The fourth-order valence-corrected chi connectivity index (χ4v) is 10.7. The Morgan fingerprint density at radius 3 is 0.816 bits per heavy atom. The molecule has 0 atom stereocenters. The van der Waals surface area contributed by atoms with Gasteiger partial charge in [-0.25, -0.2) is 0 Å². The summed E-state index contributed by atoms with van der Waals surface area (Å²) in [5, 5.41) is 0. The van der Waals surface area contributed by atoms with Crippen molar-refractivity contribution in [2.45, 2.75) is 228 Å². The van der Waals surface area contributed by atoms with Crippen LogP contribution in [0.5, 0.6) is 5.75 Å². The average Bonchev–Trinajstić information content (AvgIpc) is 1.21. The zero-order valence-corrected chi connectivity index (χ0v) is 54.2. The van der Waals surface area contributed by atoms with Crippen LogP contribution >= 0.6 is 0 Å². The van der Waals surface area contributed by atoms with Crippen molar-refractivity contribution in [3.63, 3.8) is 0 Å². The van der Waals surface area contributed by atoms with Crippen molar-refractivity contribution in [2.24, 2.45) is 0 Å². The van der Waals surface area contributed by atoms with E-state index in [2.05, 4.69) is 215 Å². The zero-order chi connectivity index (χ0) is 61.4. The van der Waals surface area contributed by atoms with Gasteiger partial charge in [-0.15, -0.1) is 0 Å². The van der Waals surface area contributed by atoms with Gasteiger partial charge in [0.25, 0.3) is 0 Å². The normalized spacial score (nSPS) is 10.5. The number of hydrogen-bond donors (Lipinski definition) is 0. The Kier molecular flexibility index (Phi) is 32.7. The highest BCUT2D eigenvalue weighted by Crippen LogP contribution is 2.35. The second-order valence-electron chi connectivity index (χ2n) is 23.5. The van der Waals surface area contributed by atoms with Gasteiger partial charge in [0.1, 0.15) is 0 Å². The van der Waals surface area contributed by atoms with E-state index in [1.807, 2.05) is 6.92 Å². The lowest BCUT2D eigenvalue weighted by Crippen LogP contribution is -2.08. The summed E-state index contributed by atoms with van der Waals surface area (Å²) < 4.78 is 12.4. The zero-order valence-electron chi connectivity index (χ0n) is 54.2. The van der Waals surface area contributed by atoms with Gasteiger partial charge in [-0.05, 0) is 172 Å². The largest absolute Gasteiger partial charge is 0.491 e. The third-order valence-electron chi connectivity index (χ3n) is 16.1. The maximum absolute atomic E-state index is 11.9. The van der Waals surface area contributed by atoms with Crippen LogP contribution in [-0.4, -0.2) is 19.2 Å². The van der Waals surface area contributed by atoms with E-state index in [1.165, 1.54) is 124 Å². The molecular formula is C84H100O3. The number of ether oxygens (including phenoxy) is 2. The van der Waals surface area contributed by atoms with Crippen molar-refractivity contribution >= 4 is 5.97 Å². The quantitative estimate of drug-likeness (QED) is 0.0234. The predicted octanol–water partition coefficient (Wildman–Crippen LogP) is 20.8. The minimum atomic E-state index is -0.0930. The first-order chi connectivity index (χ1) is 42.8. The molecule has 0 fully saturated rings. The monoisotopic (exact) mass is 1160 g/mol. The van der Waals surface area contributed by atoms with Crippen LogP contribution in [0.25, 0.3) is 0 Å². The lowest BCUT2D eigenvalue weighted by atomic mass is 9.89. The molecule has 3 nitrogen and oxygen atoms in total. The molecule has 0 N–H and O–H groups in total. The highest BCUT2D eigenvalue weighted by atomic mass is 16.5. The molecule has 6 aromatic rings. The van der Waals surface area contributed by atoms with Crippen molar-refractivity contribution in [2.75, 3.05) is 13.2 Å². The molecule has 0 aliphatic rings. The van der Waals surface area contributed by atoms with Crippen LogP contribution in [0.3, 0.4) is 0 Å². The summed E-state index contributed by atoms with van der Waals surface area (Å²) in [6.45, 7) is 14.0. The SMILES string of the molecule is CCCCCc1ccc(C#Cc2c(C#Cc3ccc(CCCCC)cc3)c(C#Cc3ccc(CCCCC)cc3)c(OCCCCCCCCCCC(=O)OCC)c(C#Cc3ccc(CCCCC)cc3)c2C#Cc2ccc(CCCCC)cc2)cc1. The van der Waals surface area contributed by atoms with Crippen molar-refractivity contribution in [1.29, 1.82) is 0 Å². The summed E-state index contributed by atoms with van der Waals surface area (Å²) in [4.78, 5) is 11.9. The van der Waals surface area contributed by atoms with Crippen LogP contribution < -0.4 is 4.74 Å². The van der Waals surface area contributed by atoms with Crippen LogP contribution in [0.4, 0.5) is 0 Å². The number of unbranched alkanes of at least 4 members (excludes halogenated alkanes) is 17. The molecule has 0 aliphatic heterocycles. The fourth-order valence-electron chi connectivity index (χ4n) is 10.7. The highest BCUT2D eigenvalue weighted by Gasteiger charge is 2.23. The van der Waals surface area contributed by atoms with Crippen molar-refractivity contribution < 1.29 is 14.3 Å². The lowest BCUT2D eigenvalue weighted by molar-refractivity contribution is -0.143. The molecule has 454 valence electrons. The van der Waals surface area contributed by atoms with Gasteiger partial charge in [-0.2, -0.15) is 0 Å². The molecule has 0 unspecified atom stereocenters. The Hall–Kier alpha value is -7.61. The maximum Gasteiger partial charge on any atom is 0.305 e. The van der Waals surface area contributed by atoms with E-state index >= 15 is 0 Å². The molecule has 0 saturated heterocycles. The molecule has 0 aliphatic carbocycles. The molecule has 0 bridgehead atoms. The lowest BCUT2D eigenvalue weighted by Gasteiger charge is -2.17. The van der Waals surface area contributed by atoms with E-state index in [4.69, 9.17) is 9.47 Å². The maximum atomic E-state index is 11.9. The second kappa shape index (κ2) is 41.5. The van der Waals surface area contributed by atoms with E-state index in [0.717, 1.165) is 111 Å². The number of aryl methyl sites for hydroxylation is 5. The number of benzene rings is 6. The van der Waals surface area contributed by atoms with Gasteiger partial charge in [-0.1, -0.05) is 257 Å². The van der Waals surface area contributed by atoms with Crippen LogP contribution in [-0.2, 0) is 41.6 Å². The molecule has 0 heterocycles. The number of hydrogen-bond acceptors (Lipinski definition) is 3. The molecule has 0 saturated carbocycles. The molecule has 87 heavy (non-hydrogen) atoms. The van der Waals surface area contributed by atoms with Gasteiger partial charge in [0, 0.05) is 34.2 Å². The van der Waals surface area contributed by atoms with E-state index in [9.17, 15) is 4.79 Å². The van der Waals surface area contributed by atoms with Gasteiger partial charge in [0.15, 0.2) is 5.75 Å². The van der Waals surface area contributed by atoms with E-state index in [0.29, 0.717) is 53.2 Å². The minimum absolute atomic E-state index is 0.0930. The van der Waals surface area contributed by atoms with Crippen LogP contribution in [0.15, 0.2) is 121 Å². The average molecular weight is 1160 g/mol. The smallest absolute Gasteiger partial charge is 0.305 e. The Bertz CT molecular complexity index is 3130. The molecular weight excluding hydrogens is 1060 g/mol. The number of carbonyl (C=O) groups excluding carboxylic acids is 1. The standard InChI is InChI=1S/C84H100O3/c1-7-13-24-31-68-37-47-73(48-38-68)57-62-78-79(63-58-74-49-39-69(40-50-74)32-25-14-8-2)81(65-60-76-53-43-71(44-54-76)34-27-16-10-4)84(87-67-30-23-21-19-18-20-22-29-36-83(85)86-12-6)82(66-61-77-55-45-72(46-56-77)35-28-17-11-5)80(78)64-59-75-51-41-70(42-52-75)33-26-15-9-3/h37-56H,7-36,67H2,1-6H3. The summed E-state index contributed by atoms with van der Waals surface area (Å²) in [6.07, 6.45) is 31.9. The molecule has 3 heteroatoms. The van der Waals surface area contributed by atoms with Gasteiger partial charge >= 0.3 is 5.97 Å².